The average Bonchev–Trinajstić information content (AvgIpc) is 2.59. The van der Waals surface area contributed by atoms with Gasteiger partial charge in [0.1, 0.15) is 24.7 Å². The van der Waals surface area contributed by atoms with Gasteiger partial charge in [-0.25, -0.2) is 0 Å². The number of hydrogen-bond acceptors (Lipinski definition) is 3. The minimum absolute atomic E-state index is 0.454. The molecule has 0 unspecified atom stereocenters. The molecule has 0 aromatic heterocycles. The molecular formula is C20H21NO2. The maximum absolute atomic E-state index is 5.92. The van der Waals surface area contributed by atoms with Crippen LogP contribution in [0.4, 0.5) is 0 Å². The van der Waals surface area contributed by atoms with Gasteiger partial charge >= 0.3 is 0 Å². The standard InChI is InChI=1S/C20H21NO2/c1-15-6-2-5-9-19(15)22-12-13-23-20-11-10-16-7-3-4-8-17(16)18(20)14-21/h2-11H,12-14,21H2,1H3. The van der Waals surface area contributed by atoms with Gasteiger partial charge < -0.3 is 15.2 Å². The van der Waals surface area contributed by atoms with Crippen LogP contribution in [0.3, 0.4) is 0 Å². The van der Waals surface area contributed by atoms with Crippen LogP contribution in [0.25, 0.3) is 10.8 Å². The highest BCUT2D eigenvalue weighted by Gasteiger charge is 2.07. The molecule has 0 amide bonds. The van der Waals surface area contributed by atoms with Crippen LogP contribution in [0, 0.1) is 6.92 Å². The zero-order valence-corrected chi connectivity index (χ0v) is 13.3. The zero-order chi connectivity index (χ0) is 16.1. The number of aryl methyl sites for hydroxylation is 1. The monoisotopic (exact) mass is 307 g/mol. The van der Waals surface area contributed by atoms with Crippen molar-refractivity contribution in [3.8, 4) is 11.5 Å². The van der Waals surface area contributed by atoms with E-state index in [4.69, 9.17) is 15.2 Å². The van der Waals surface area contributed by atoms with Gasteiger partial charge in [0.25, 0.3) is 0 Å². The van der Waals surface area contributed by atoms with Gasteiger partial charge in [-0.15, -0.1) is 0 Å². The minimum Gasteiger partial charge on any atom is -0.490 e. The third-order valence-corrected chi connectivity index (χ3v) is 3.89. The molecule has 0 aliphatic heterocycles. The van der Waals surface area contributed by atoms with Gasteiger partial charge in [-0.3, -0.25) is 0 Å². The number of rotatable bonds is 6. The molecule has 118 valence electrons. The van der Waals surface area contributed by atoms with Gasteiger partial charge in [0, 0.05) is 12.1 Å². The predicted molar refractivity (Wildman–Crippen MR) is 94.0 cm³/mol. The Kier molecular flexibility index (Phi) is 4.79. The van der Waals surface area contributed by atoms with E-state index in [1.807, 2.05) is 49.4 Å². The lowest BCUT2D eigenvalue weighted by Crippen LogP contribution is -2.11. The Morgan fingerprint density at radius 3 is 2.26 bits per heavy atom. The average molecular weight is 307 g/mol. The van der Waals surface area contributed by atoms with E-state index in [1.54, 1.807) is 0 Å². The lowest BCUT2D eigenvalue weighted by atomic mass is 10.0. The molecule has 23 heavy (non-hydrogen) atoms. The summed E-state index contributed by atoms with van der Waals surface area (Å²) in [6.45, 7) is 3.47. The fraction of sp³-hybridized carbons (Fsp3) is 0.200. The number of benzene rings is 3. The first kappa shape index (κ1) is 15.4. The molecule has 0 spiro atoms. The van der Waals surface area contributed by atoms with Crippen LogP contribution in [0.15, 0.2) is 60.7 Å². The van der Waals surface area contributed by atoms with Crippen molar-refractivity contribution in [2.75, 3.05) is 13.2 Å². The Hall–Kier alpha value is -2.52. The summed E-state index contributed by atoms with van der Waals surface area (Å²) < 4.78 is 11.7. The van der Waals surface area contributed by atoms with Crippen molar-refractivity contribution in [1.29, 1.82) is 0 Å². The van der Waals surface area contributed by atoms with E-state index in [0.717, 1.165) is 28.0 Å². The van der Waals surface area contributed by atoms with Crippen molar-refractivity contribution in [2.45, 2.75) is 13.5 Å². The van der Waals surface area contributed by atoms with Crippen molar-refractivity contribution in [3.05, 3.63) is 71.8 Å². The lowest BCUT2D eigenvalue weighted by Gasteiger charge is -2.14. The number of para-hydroxylation sites is 1. The number of hydrogen-bond donors (Lipinski definition) is 1. The second-order valence-electron chi connectivity index (χ2n) is 5.43. The highest BCUT2D eigenvalue weighted by Crippen LogP contribution is 2.27. The Morgan fingerprint density at radius 2 is 1.48 bits per heavy atom. The Morgan fingerprint density at radius 1 is 0.783 bits per heavy atom. The van der Waals surface area contributed by atoms with Gasteiger partial charge in [0.05, 0.1) is 0 Å². The van der Waals surface area contributed by atoms with E-state index >= 15 is 0 Å². The van der Waals surface area contributed by atoms with Crippen LogP contribution in [-0.2, 0) is 6.54 Å². The summed E-state index contributed by atoms with van der Waals surface area (Å²) in [5.41, 5.74) is 8.09. The molecule has 3 aromatic carbocycles. The van der Waals surface area contributed by atoms with Crippen LogP contribution in [-0.4, -0.2) is 13.2 Å². The molecular weight excluding hydrogens is 286 g/mol. The van der Waals surface area contributed by atoms with Crippen molar-refractivity contribution in [2.24, 2.45) is 5.73 Å². The minimum atomic E-state index is 0.454. The Bertz CT molecular complexity index is 799. The van der Waals surface area contributed by atoms with Gasteiger partial charge in [-0.05, 0) is 35.4 Å². The van der Waals surface area contributed by atoms with Crippen LogP contribution in [0.2, 0.25) is 0 Å². The molecule has 0 aliphatic carbocycles. The smallest absolute Gasteiger partial charge is 0.124 e. The van der Waals surface area contributed by atoms with Crippen LogP contribution in [0.5, 0.6) is 11.5 Å². The molecule has 0 fully saturated rings. The molecule has 0 aliphatic rings. The molecule has 3 aromatic rings. The first-order chi connectivity index (χ1) is 11.3. The largest absolute Gasteiger partial charge is 0.490 e. The topological polar surface area (TPSA) is 44.5 Å². The molecule has 0 heterocycles. The molecule has 3 nitrogen and oxygen atoms in total. The summed E-state index contributed by atoms with van der Waals surface area (Å²) in [5, 5.41) is 2.32. The SMILES string of the molecule is Cc1ccccc1OCCOc1ccc2ccccc2c1CN. The first-order valence-corrected chi connectivity index (χ1v) is 7.81. The number of ether oxygens (including phenoxy) is 2. The van der Waals surface area contributed by atoms with Gasteiger partial charge in [-0.1, -0.05) is 48.5 Å². The van der Waals surface area contributed by atoms with Crippen molar-refractivity contribution in [3.63, 3.8) is 0 Å². The zero-order valence-electron chi connectivity index (χ0n) is 13.3. The third kappa shape index (κ3) is 3.46. The van der Waals surface area contributed by atoms with E-state index in [2.05, 4.69) is 18.2 Å². The summed E-state index contributed by atoms with van der Waals surface area (Å²) >= 11 is 0. The summed E-state index contributed by atoms with van der Waals surface area (Å²) in [4.78, 5) is 0. The first-order valence-electron chi connectivity index (χ1n) is 7.81. The van der Waals surface area contributed by atoms with Gasteiger partial charge in [-0.2, -0.15) is 0 Å². The van der Waals surface area contributed by atoms with E-state index in [0.29, 0.717) is 19.8 Å². The maximum Gasteiger partial charge on any atom is 0.124 e. The molecule has 2 N–H and O–H groups in total. The Labute approximate surface area is 136 Å². The normalized spacial score (nSPS) is 10.7. The van der Waals surface area contributed by atoms with Crippen LogP contribution in [0.1, 0.15) is 11.1 Å². The highest BCUT2D eigenvalue weighted by molar-refractivity contribution is 5.87. The summed E-state index contributed by atoms with van der Waals surface area (Å²) in [5.74, 6) is 1.73. The number of fused-ring (bicyclic) bond motifs is 1. The quantitative estimate of drug-likeness (QED) is 0.698. The van der Waals surface area contributed by atoms with E-state index in [1.165, 1.54) is 5.39 Å². The van der Waals surface area contributed by atoms with Gasteiger partial charge in [0.15, 0.2) is 0 Å². The third-order valence-electron chi connectivity index (χ3n) is 3.89. The molecule has 3 rings (SSSR count). The molecule has 3 heteroatoms. The predicted octanol–water partition coefficient (Wildman–Crippen LogP) is 4.06. The fourth-order valence-corrected chi connectivity index (χ4v) is 2.68. The summed E-state index contributed by atoms with van der Waals surface area (Å²) in [6.07, 6.45) is 0. The summed E-state index contributed by atoms with van der Waals surface area (Å²) in [6, 6.07) is 20.2. The number of nitrogens with two attached hydrogens (primary N) is 1. The van der Waals surface area contributed by atoms with Gasteiger partial charge in [0.2, 0.25) is 0 Å². The van der Waals surface area contributed by atoms with E-state index < -0.39 is 0 Å². The molecule has 0 atom stereocenters. The highest BCUT2D eigenvalue weighted by atomic mass is 16.5. The summed E-state index contributed by atoms with van der Waals surface area (Å²) in [7, 11) is 0. The van der Waals surface area contributed by atoms with Crippen LogP contribution < -0.4 is 15.2 Å². The molecule has 0 bridgehead atoms. The van der Waals surface area contributed by atoms with Crippen molar-refractivity contribution < 1.29 is 9.47 Å². The molecule has 0 saturated heterocycles. The molecule has 0 saturated carbocycles. The maximum atomic E-state index is 5.92. The van der Waals surface area contributed by atoms with Crippen molar-refractivity contribution >= 4 is 10.8 Å². The fourth-order valence-electron chi connectivity index (χ4n) is 2.68. The van der Waals surface area contributed by atoms with Crippen LogP contribution >= 0.6 is 0 Å². The lowest BCUT2D eigenvalue weighted by molar-refractivity contribution is 0.215. The van der Waals surface area contributed by atoms with E-state index in [9.17, 15) is 0 Å². The van der Waals surface area contributed by atoms with Crippen molar-refractivity contribution in [1.82, 2.24) is 0 Å². The Balaban J connectivity index is 1.66. The van der Waals surface area contributed by atoms with E-state index in [-0.39, 0.29) is 0 Å². The molecule has 0 radical (unpaired) electrons. The second-order valence-corrected chi connectivity index (χ2v) is 5.43. The second kappa shape index (κ2) is 7.16.